The summed E-state index contributed by atoms with van der Waals surface area (Å²) in [5.41, 5.74) is 0.524. The normalized spacial score (nSPS) is 10.4. The molecule has 2 rings (SSSR count). The summed E-state index contributed by atoms with van der Waals surface area (Å²) in [7, 11) is 0. The van der Waals surface area contributed by atoms with Gasteiger partial charge >= 0.3 is 5.97 Å². The first-order valence-corrected chi connectivity index (χ1v) is 5.10. The van der Waals surface area contributed by atoms with Crippen LogP contribution in [0.4, 0.5) is 0 Å². The third-order valence-corrected chi connectivity index (χ3v) is 2.40. The van der Waals surface area contributed by atoms with Gasteiger partial charge in [0.05, 0.1) is 0 Å². The topological polar surface area (TPSA) is 88.2 Å². The number of phenols is 1. The number of hydrogen-bond donors (Lipinski definition) is 2. The largest absolute Gasteiger partial charge is 0.507 e. The van der Waals surface area contributed by atoms with E-state index >= 15 is 0 Å². The standard InChI is InChI=1S/C11H11N3O3/c1-2-14-10(11(16)17)9(12-13-14)7-5-3-4-6-8(7)15/h3-6,15H,2H2,1H3,(H,16,17). The van der Waals surface area contributed by atoms with E-state index in [9.17, 15) is 9.90 Å². The summed E-state index contributed by atoms with van der Waals surface area (Å²) in [4.78, 5) is 11.2. The van der Waals surface area contributed by atoms with E-state index in [1.54, 1.807) is 25.1 Å². The number of benzene rings is 1. The van der Waals surface area contributed by atoms with Crippen molar-refractivity contribution in [1.29, 1.82) is 0 Å². The zero-order valence-corrected chi connectivity index (χ0v) is 9.16. The fraction of sp³-hybridized carbons (Fsp3) is 0.182. The number of aryl methyl sites for hydroxylation is 1. The lowest BCUT2D eigenvalue weighted by Gasteiger charge is -2.02. The van der Waals surface area contributed by atoms with Crippen molar-refractivity contribution < 1.29 is 15.0 Å². The number of aromatic nitrogens is 3. The van der Waals surface area contributed by atoms with Crippen LogP contribution < -0.4 is 0 Å². The molecule has 2 N–H and O–H groups in total. The summed E-state index contributed by atoms with van der Waals surface area (Å²) in [6.45, 7) is 2.18. The molecule has 6 nitrogen and oxygen atoms in total. The molecule has 0 bridgehead atoms. The first kappa shape index (κ1) is 11.1. The van der Waals surface area contributed by atoms with Gasteiger partial charge in [0.15, 0.2) is 5.69 Å². The van der Waals surface area contributed by atoms with Crippen LogP contribution in [0, 0.1) is 0 Å². The number of aromatic hydroxyl groups is 1. The quantitative estimate of drug-likeness (QED) is 0.835. The highest BCUT2D eigenvalue weighted by atomic mass is 16.4. The molecule has 0 aliphatic carbocycles. The smallest absolute Gasteiger partial charge is 0.356 e. The molecule has 0 aliphatic heterocycles. The van der Waals surface area contributed by atoms with Gasteiger partial charge in [-0.05, 0) is 19.1 Å². The lowest BCUT2D eigenvalue weighted by molar-refractivity contribution is 0.0684. The number of phenolic OH excluding ortho intramolecular Hbond substituents is 1. The number of carboxylic acid groups (broad SMARTS) is 1. The van der Waals surface area contributed by atoms with Gasteiger partial charge in [-0.25, -0.2) is 9.48 Å². The lowest BCUT2D eigenvalue weighted by Crippen LogP contribution is -2.09. The number of aromatic carboxylic acids is 1. The SMILES string of the molecule is CCn1nnc(-c2ccccc2O)c1C(=O)O. The molecule has 0 fully saturated rings. The Hall–Kier alpha value is -2.37. The van der Waals surface area contributed by atoms with Gasteiger partial charge in [-0.3, -0.25) is 0 Å². The zero-order chi connectivity index (χ0) is 12.4. The highest BCUT2D eigenvalue weighted by Crippen LogP contribution is 2.29. The molecular formula is C11H11N3O3. The lowest BCUT2D eigenvalue weighted by atomic mass is 10.1. The van der Waals surface area contributed by atoms with Gasteiger partial charge in [-0.2, -0.15) is 0 Å². The molecule has 0 saturated heterocycles. The summed E-state index contributed by atoms with van der Waals surface area (Å²) in [6.07, 6.45) is 0. The fourth-order valence-corrected chi connectivity index (χ4v) is 1.60. The Kier molecular flexibility index (Phi) is 2.78. The summed E-state index contributed by atoms with van der Waals surface area (Å²) >= 11 is 0. The van der Waals surface area contributed by atoms with E-state index in [1.165, 1.54) is 10.7 Å². The third-order valence-electron chi connectivity index (χ3n) is 2.40. The molecule has 0 saturated carbocycles. The van der Waals surface area contributed by atoms with E-state index in [2.05, 4.69) is 10.3 Å². The second-order valence-corrected chi connectivity index (χ2v) is 3.42. The second kappa shape index (κ2) is 4.25. The van der Waals surface area contributed by atoms with Crippen molar-refractivity contribution >= 4 is 5.97 Å². The fourth-order valence-electron chi connectivity index (χ4n) is 1.60. The summed E-state index contributed by atoms with van der Waals surface area (Å²) in [6, 6.07) is 6.44. The molecule has 88 valence electrons. The van der Waals surface area contributed by atoms with Gasteiger partial charge in [0, 0.05) is 12.1 Å². The molecule has 0 atom stereocenters. The Morgan fingerprint density at radius 1 is 1.41 bits per heavy atom. The van der Waals surface area contributed by atoms with Crippen molar-refractivity contribution in [1.82, 2.24) is 15.0 Å². The molecule has 17 heavy (non-hydrogen) atoms. The molecule has 0 amide bonds. The van der Waals surface area contributed by atoms with Crippen LogP contribution in [0.25, 0.3) is 11.3 Å². The molecule has 0 unspecified atom stereocenters. The first-order valence-electron chi connectivity index (χ1n) is 5.10. The molecule has 1 heterocycles. The van der Waals surface area contributed by atoms with Crippen molar-refractivity contribution in [3.05, 3.63) is 30.0 Å². The van der Waals surface area contributed by atoms with E-state index in [4.69, 9.17) is 5.11 Å². The molecule has 1 aromatic heterocycles. The van der Waals surface area contributed by atoms with Crippen LogP contribution in [0.15, 0.2) is 24.3 Å². The number of carbonyl (C=O) groups is 1. The van der Waals surface area contributed by atoms with Gasteiger partial charge < -0.3 is 10.2 Å². The Labute approximate surface area is 97.1 Å². The number of para-hydroxylation sites is 1. The molecule has 0 spiro atoms. The maximum absolute atomic E-state index is 11.2. The molecule has 0 aliphatic rings. The predicted molar refractivity (Wildman–Crippen MR) is 59.8 cm³/mol. The third kappa shape index (κ3) is 1.84. The average Bonchev–Trinajstić information content (AvgIpc) is 2.73. The van der Waals surface area contributed by atoms with Crippen molar-refractivity contribution in [2.45, 2.75) is 13.5 Å². The predicted octanol–water partition coefficient (Wildman–Crippen LogP) is 1.37. The molecule has 0 radical (unpaired) electrons. The van der Waals surface area contributed by atoms with Crippen molar-refractivity contribution in [2.75, 3.05) is 0 Å². The van der Waals surface area contributed by atoms with Crippen LogP contribution in [-0.2, 0) is 6.54 Å². The van der Waals surface area contributed by atoms with E-state index in [0.29, 0.717) is 12.1 Å². The summed E-state index contributed by atoms with van der Waals surface area (Å²) in [5, 5.41) is 26.4. The second-order valence-electron chi connectivity index (χ2n) is 3.42. The minimum Gasteiger partial charge on any atom is -0.507 e. The monoisotopic (exact) mass is 233 g/mol. The Morgan fingerprint density at radius 3 is 2.71 bits per heavy atom. The van der Waals surface area contributed by atoms with Gasteiger partial charge in [0.1, 0.15) is 11.4 Å². The van der Waals surface area contributed by atoms with E-state index < -0.39 is 5.97 Å². The maximum atomic E-state index is 11.2. The van der Waals surface area contributed by atoms with Crippen LogP contribution in [0.1, 0.15) is 17.4 Å². The first-order chi connectivity index (χ1) is 8.15. The van der Waals surface area contributed by atoms with Gasteiger partial charge in [0.25, 0.3) is 0 Å². The van der Waals surface area contributed by atoms with Crippen molar-refractivity contribution in [3.8, 4) is 17.0 Å². The highest BCUT2D eigenvalue weighted by molar-refractivity contribution is 5.93. The van der Waals surface area contributed by atoms with E-state index in [1.807, 2.05) is 0 Å². The minimum absolute atomic E-state index is 0.0156. The molecule has 6 heteroatoms. The number of nitrogens with zero attached hydrogens (tertiary/aromatic N) is 3. The number of rotatable bonds is 3. The van der Waals surface area contributed by atoms with E-state index in [0.717, 1.165) is 0 Å². The summed E-state index contributed by atoms with van der Waals surface area (Å²) in [5.74, 6) is -1.13. The van der Waals surface area contributed by atoms with Crippen LogP contribution in [-0.4, -0.2) is 31.2 Å². The van der Waals surface area contributed by atoms with Gasteiger partial charge in [0.2, 0.25) is 0 Å². The van der Waals surface area contributed by atoms with Crippen LogP contribution >= 0.6 is 0 Å². The number of hydrogen-bond acceptors (Lipinski definition) is 4. The molecule has 1 aromatic carbocycles. The number of carboxylic acids is 1. The van der Waals surface area contributed by atoms with Crippen LogP contribution in [0.3, 0.4) is 0 Å². The van der Waals surface area contributed by atoms with Gasteiger partial charge in [-0.15, -0.1) is 5.10 Å². The summed E-state index contributed by atoms with van der Waals surface area (Å²) < 4.78 is 1.28. The maximum Gasteiger partial charge on any atom is 0.356 e. The Balaban J connectivity index is 2.64. The minimum atomic E-state index is -1.12. The van der Waals surface area contributed by atoms with Crippen LogP contribution in [0.2, 0.25) is 0 Å². The molecule has 2 aromatic rings. The Bertz CT molecular complexity index is 563. The highest BCUT2D eigenvalue weighted by Gasteiger charge is 2.21. The average molecular weight is 233 g/mol. The van der Waals surface area contributed by atoms with Gasteiger partial charge in [-0.1, -0.05) is 17.3 Å². The van der Waals surface area contributed by atoms with Crippen molar-refractivity contribution in [2.24, 2.45) is 0 Å². The van der Waals surface area contributed by atoms with E-state index in [-0.39, 0.29) is 17.1 Å². The van der Waals surface area contributed by atoms with Crippen molar-refractivity contribution in [3.63, 3.8) is 0 Å². The zero-order valence-electron chi connectivity index (χ0n) is 9.16. The molecular weight excluding hydrogens is 222 g/mol. The Morgan fingerprint density at radius 2 is 2.12 bits per heavy atom. The van der Waals surface area contributed by atoms with Crippen LogP contribution in [0.5, 0.6) is 5.75 Å².